The molecule has 11 atom stereocenters. The first-order valence-corrected chi connectivity index (χ1v) is 11.4. The number of cyclic esters (lactones) is 1. The van der Waals surface area contributed by atoms with Crippen LogP contribution < -0.4 is 0 Å². The molecule has 3 aliphatic carbocycles. The van der Waals surface area contributed by atoms with Crippen molar-refractivity contribution in [1.29, 1.82) is 0 Å². The summed E-state index contributed by atoms with van der Waals surface area (Å²) in [6.07, 6.45) is 8.55. The van der Waals surface area contributed by atoms with Crippen LogP contribution in [0.5, 0.6) is 0 Å². The van der Waals surface area contributed by atoms with E-state index in [2.05, 4.69) is 13.8 Å². The number of carbonyl (C=O) groups is 2. The summed E-state index contributed by atoms with van der Waals surface area (Å²) in [5.74, 6) is 4.13. The predicted octanol–water partition coefficient (Wildman–Crippen LogP) is 4.21. The van der Waals surface area contributed by atoms with Gasteiger partial charge < -0.3 is 9.47 Å². The molecule has 0 radical (unpaired) electrons. The molecule has 3 saturated carbocycles. The molecule has 5 rings (SSSR count). The van der Waals surface area contributed by atoms with Gasteiger partial charge in [-0.2, -0.15) is 0 Å². The van der Waals surface area contributed by atoms with Crippen molar-refractivity contribution in [1.82, 2.24) is 0 Å². The van der Waals surface area contributed by atoms with E-state index in [0.717, 1.165) is 19.3 Å². The van der Waals surface area contributed by atoms with Crippen LogP contribution in [0, 0.1) is 53.3 Å². The van der Waals surface area contributed by atoms with Gasteiger partial charge >= 0.3 is 11.9 Å². The zero-order valence-corrected chi connectivity index (χ0v) is 16.9. The zero-order chi connectivity index (χ0) is 18.9. The standard InChI is InChI=1S/C23H34O4/c1-4-13-14-7-5-6-8-15-16(18-9-11(2)22(24)26-18)10-17(20(14)15)19-12(3)23(25)27-21(13)19/h11-21H,4-10H2,1-3H3/t11-,12+,13-,14-,15?,16+,17+,18+,19-,20+,21+/m1/s1. The van der Waals surface area contributed by atoms with Gasteiger partial charge in [-0.05, 0) is 67.6 Å². The molecule has 150 valence electrons. The Bertz CT molecular complexity index is 630. The Balaban J connectivity index is 1.51. The van der Waals surface area contributed by atoms with Crippen LogP contribution in [-0.2, 0) is 19.1 Å². The van der Waals surface area contributed by atoms with Crippen LogP contribution >= 0.6 is 0 Å². The van der Waals surface area contributed by atoms with Gasteiger partial charge in [-0.1, -0.05) is 33.6 Å². The van der Waals surface area contributed by atoms with Crippen molar-refractivity contribution >= 4 is 11.9 Å². The number of carbonyl (C=O) groups excluding carboxylic acids is 2. The van der Waals surface area contributed by atoms with E-state index >= 15 is 0 Å². The molecule has 2 heterocycles. The molecule has 0 aromatic heterocycles. The van der Waals surface area contributed by atoms with Gasteiger partial charge in [0.15, 0.2) is 0 Å². The normalized spacial score (nSPS) is 54.1. The zero-order valence-electron chi connectivity index (χ0n) is 16.9. The maximum Gasteiger partial charge on any atom is 0.309 e. The fraction of sp³-hybridized carbons (Fsp3) is 0.913. The summed E-state index contributed by atoms with van der Waals surface area (Å²) in [5.41, 5.74) is 0. The van der Waals surface area contributed by atoms with Gasteiger partial charge in [0, 0.05) is 5.92 Å². The van der Waals surface area contributed by atoms with Gasteiger partial charge in [0.25, 0.3) is 0 Å². The summed E-state index contributed by atoms with van der Waals surface area (Å²) in [4.78, 5) is 24.6. The molecule has 2 aliphatic heterocycles. The second-order valence-corrected chi connectivity index (χ2v) is 10.2. The van der Waals surface area contributed by atoms with Crippen LogP contribution in [0.2, 0.25) is 0 Å². The Labute approximate surface area is 162 Å². The lowest BCUT2D eigenvalue weighted by molar-refractivity contribution is -0.148. The third-order valence-corrected chi connectivity index (χ3v) is 9.15. The van der Waals surface area contributed by atoms with Crippen LogP contribution in [0.25, 0.3) is 0 Å². The molecule has 2 saturated heterocycles. The molecule has 0 N–H and O–H groups in total. The van der Waals surface area contributed by atoms with Crippen molar-refractivity contribution in [2.75, 3.05) is 0 Å². The van der Waals surface area contributed by atoms with Crippen LogP contribution in [0.3, 0.4) is 0 Å². The molecule has 4 heteroatoms. The molecule has 5 aliphatic rings. The highest BCUT2D eigenvalue weighted by atomic mass is 16.6. The van der Waals surface area contributed by atoms with E-state index in [1.54, 1.807) is 0 Å². The Morgan fingerprint density at radius 3 is 2.26 bits per heavy atom. The van der Waals surface area contributed by atoms with E-state index in [9.17, 15) is 9.59 Å². The van der Waals surface area contributed by atoms with E-state index in [-0.39, 0.29) is 36.0 Å². The second-order valence-electron chi connectivity index (χ2n) is 10.2. The summed E-state index contributed by atoms with van der Waals surface area (Å²) in [5, 5.41) is 0. The first kappa shape index (κ1) is 18.0. The quantitative estimate of drug-likeness (QED) is 0.679. The van der Waals surface area contributed by atoms with Gasteiger partial charge in [-0.3, -0.25) is 9.59 Å². The molecule has 0 bridgehead atoms. The number of hydrogen-bond donors (Lipinski definition) is 0. The molecule has 5 fully saturated rings. The van der Waals surface area contributed by atoms with Crippen molar-refractivity contribution in [3.05, 3.63) is 0 Å². The van der Waals surface area contributed by atoms with Crippen LogP contribution in [0.15, 0.2) is 0 Å². The second kappa shape index (κ2) is 6.49. The minimum Gasteiger partial charge on any atom is -0.462 e. The molecule has 0 aromatic carbocycles. The Morgan fingerprint density at radius 2 is 1.59 bits per heavy atom. The van der Waals surface area contributed by atoms with E-state index in [1.807, 2.05) is 6.92 Å². The first-order valence-electron chi connectivity index (χ1n) is 11.4. The first-order chi connectivity index (χ1) is 13.0. The summed E-state index contributed by atoms with van der Waals surface area (Å²) in [6, 6.07) is 0. The third-order valence-electron chi connectivity index (χ3n) is 9.15. The van der Waals surface area contributed by atoms with Crippen LogP contribution in [-0.4, -0.2) is 24.1 Å². The van der Waals surface area contributed by atoms with E-state index in [4.69, 9.17) is 9.47 Å². The van der Waals surface area contributed by atoms with Crippen molar-refractivity contribution in [2.24, 2.45) is 53.3 Å². The third kappa shape index (κ3) is 2.54. The lowest BCUT2D eigenvalue weighted by Gasteiger charge is -2.48. The van der Waals surface area contributed by atoms with Crippen LogP contribution in [0.4, 0.5) is 0 Å². The van der Waals surface area contributed by atoms with Crippen molar-refractivity contribution in [2.45, 2.75) is 77.9 Å². The smallest absolute Gasteiger partial charge is 0.309 e. The molecule has 27 heavy (non-hydrogen) atoms. The maximum atomic E-state index is 12.5. The molecule has 0 aromatic rings. The summed E-state index contributed by atoms with van der Waals surface area (Å²) >= 11 is 0. The molecule has 4 nitrogen and oxygen atoms in total. The monoisotopic (exact) mass is 374 g/mol. The Hall–Kier alpha value is -1.06. The van der Waals surface area contributed by atoms with Crippen molar-refractivity contribution < 1.29 is 19.1 Å². The maximum absolute atomic E-state index is 12.5. The van der Waals surface area contributed by atoms with Gasteiger partial charge in [-0.15, -0.1) is 0 Å². The average molecular weight is 375 g/mol. The highest BCUT2D eigenvalue weighted by Crippen LogP contribution is 2.64. The topological polar surface area (TPSA) is 52.6 Å². The van der Waals surface area contributed by atoms with Gasteiger partial charge in [0.2, 0.25) is 0 Å². The molecular formula is C23H34O4. The van der Waals surface area contributed by atoms with E-state index in [1.165, 1.54) is 25.7 Å². The van der Waals surface area contributed by atoms with Gasteiger partial charge in [0.1, 0.15) is 12.2 Å². The number of rotatable bonds is 2. The predicted molar refractivity (Wildman–Crippen MR) is 101 cm³/mol. The molecule has 0 spiro atoms. The Kier molecular flexibility index (Phi) is 4.32. The van der Waals surface area contributed by atoms with Gasteiger partial charge in [-0.25, -0.2) is 0 Å². The highest BCUT2D eigenvalue weighted by molar-refractivity contribution is 5.75. The number of esters is 2. The summed E-state index contributed by atoms with van der Waals surface area (Å²) < 4.78 is 11.9. The van der Waals surface area contributed by atoms with Gasteiger partial charge in [0.05, 0.1) is 11.8 Å². The Morgan fingerprint density at radius 1 is 0.852 bits per heavy atom. The highest BCUT2D eigenvalue weighted by Gasteiger charge is 2.63. The number of hydrogen-bond acceptors (Lipinski definition) is 4. The van der Waals surface area contributed by atoms with E-state index < -0.39 is 0 Å². The lowest BCUT2D eigenvalue weighted by Crippen LogP contribution is -2.48. The average Bonchev–Trinajstić information content (AvgIpc) is 3.20. The number of ether oxygens (including phenoxy) is 2. The van der Waals surface area contributed by atoms with Crippen LogP contribution in [0.1, 0.15) is 65.7 Å². The molecule has 0 amide bonds. The minimum atomic E-state index is -0.00268. The van der Waals surface area contributed by atoms with Crippen molar-refractivity contribution in [3.8, 4) is 0 Å². The molecule has 1 unspecified atom stereocenters. The fourth-order valence-corrected chi connectivity index (χ4v) is 8.13. The summed E-state index contributed by atoms with van der Waals surface area (Å²) in [6.45, 7) is 6.39. The largest absolute Gasteiger partial charge is 0.462 e. The fourth-order valence-electron chi connectivity index (χ4n) is 8.13. The lowest BCUT2D eigenvalue weighted by atomic mass is 9.57. The molecular weight excluding hydrogens is 340 g/mol. The number of fused-ring (bicyclic) bond motifs is 2. The SMILES string of the molecule is CC[C@@H]1[C@H]2CCCCC3[C@H]2[C@@H](C[C@@H]3[C@@H]2C[C@@H](C)C(=O)O2)[C@@H]2[C@H]1OC(=O)[C@H]2C. The summed E-state index contributed by atoms with van der Waals surface area (Å²) in [7, 11) is 0. The van der Waals surface area contributed by atoms with E-state index in [0.29, 0.717) is 41.4 Å². The van der Waals surface area contributed by atoms with Crippen molar-refractivity contribution in [3.63, 3.8) is 0 Å². The minimum absolute atomic E-state index is 0.00268.